The van der Waals surface area contributed by atoms with Crippen molar-refractivity contribution in [2.24, 2.45) is 0 Å². The first-order valence-electron chi connectivity index (χ1n) is 8.32. The first-order chi connectivity index (χ1) is 11.7. The highest BCUT2D eigenvalue weighted by atomic mass is 16.6. The molecule has 0 aliphatic carbocycles. The number of carbonyl (C=O) groups excluding carboxylic acids is 2. The van der Waals surface area contributed by atoms with E-state index in [4.69, 9.17) is 14.2 Å². The number of hydrogen-bond acceptors (Lipinski definition) is 5. The summed E-state index contributed by atoms with van der Waals surface area (Å²) in [7, 11) is 1.67. The van der Waals surface area contributed by atoms with Gasteiger partial charge in [-0.1, -0.05) is 0 Å². The van der Waals surface area contributed by atoms with Gasteiger partial charge in [-0.2, -0.15) is 0 Å². The number of nitrogens with one attached hydrogen (secondary N) is 1. The summed E-state index contributed by atoms with van der Waals surface area (Å²) in [6.07, 6.45) is 0.0219. The molecule has 0 aromatic heterocycles. The zero-order valence-corrected chi connectivity index (χ0v) is 15.3. The van der Waals surface area contributed by atoms with Gasteiger partial charge in [-0.05, 0) is 44.5 Å². The fourth-order valence-corrected chi connectivity index (χ4v) is 2.25. The summed E-state index contributed by atoms with van der Waals surface area (Å²) in [6, 6.07) is 5.52. The summed E-state index contributed by atoms with van der Waals surface area (Å²) in [6.45, 7) is 7.16. The summed E-state index contributed by atoms with van der Waals surface area (Å²) in [5.74, 6) is 0.717. The number of carbonyl (C=O) groups is 2. The van der Waals surface area contributed by atoms with Crippen LogP contribution in [0.4, 0.5) is 10.5 Å². The first-order valence-corrected chi connectivity index (χ1v) is 8.32. The zero-order valence-electron chi connectivity index (χ0n) is 15.3. The second kappa shape index (κ2) is 8.20. The fourth-order valence-electron chi connectivity index (χ4n) is 2.25. The molecule has 25 heavy (non-hydrogen) atoms. The highest BCUT2D eigenvalue weighted by Gasteiger charge is 2.19. The Morgan fingerprint density at radius 1 is 1.24 bits per heavy atom. The Morgan fingerprint density at radius 2 is 2.00 bits per heavy atom. The van der Waals surface area contributed by atoms with Crippen LogP contribution >= 0.6 is 0 Å². The number of nitrogens with zero attached hydrogens (tertiary/aromatic N) is 1. The van der Waals surface area contributed by atoms with Gasteiger partial charge in [0.05, 0.1) is 19.6 Å². The van der Waals surface area contributed by atoms with E-state index >= 15 is 0 Å². The summed E-state index contributed by atoms with van der Waals surface area (Å²) < 4.78 is 16.3. The van der Waals surface area contributed by atoms with Crippen molar-refractivity contribution in [3.8, 4) is 5.75 Å². The number of benzene rings is 1. The molecule has 0 spiro atoms. The molecule has 1 aromatic carbocycles. The van der Waals surface area contributed by atoms with Crippen molar-refractivity contribution in [3.63, 3.8) is 0 Å². The molecule has 138 valence electrons. The van der Waals surface area contributed by atoms with Crippen LogP contribution in [0.3, 0.4) is 0 Å². The third kappa shape index (κ3) is 6.26. The maximum Gasteiger partial charge on any atom is 0.410 e. The Morgan fingerprint density at radius 3 is 2.72 bits per heavy atom. The number of amides is 2. The molecule has 7 nitrogen and oxygen atoms in total. The lowest BCUT2D eigenvalue weighted by Crippen LogP contribution is -2.36. The monoisotopic (exact) mass is 350 g/mol. The van der Waals surface area contributed by atoms with Crippen LogP contribution < -0.4 is 10.1 Å². The van der Waals surface area contributed by atoms with Gasteiger partial charge in [0, 0.05) is 19.3 Å². The smallest absolute Gasteiger partial charge is 0.410 e. The van der Waals surface area contributed by atoms with Crippen molar-refractivity contribution in [1.29, 1.82) is 0 Å². The molecular weight excluding hydrogens is 324 g/mol. The third-order valence-corrected chi connectivity index (χ3v) is 3.47. The van der Waals surface area contributed by atoms with Crippen LogP contribution in [0.5, 0.6) is 5.75 Å². The number of ether oxygens (including phenoxy) is 3. The SMILES string of the molecule is CN(CCOCCOc1ccc2c(c1)CC(=O)N2)C(=O)OC(C)(C)C. The number of likely N-dealkylation sites (N-methyl/N-ethyl adjacent to an activating group) is 1. The van der Waals surface area contributed by atoms with Gasteiger partial charge in [0.15, 0.2) is 0 Å². The van der Waals surface area contributed by atoms with E-state index in [1.807, 2.05) is 39.0 Å². The van der Waals surface area contributed by atoms with E-state index in [0.717, 1.165) is 11.3 Å². The van der Waals surface area contributed by atoms with Gasteiger partial charge >= 0.3 is 6.09 Å². The molecule has 0 unspecified atom stereocenters. The topological polar surface area (TPSA) is 77.1 Å². The quantitative estimate of drug-likeness (QED) is 0.764. The summed E-state index contributed by atoms with van der Waals surface area (Å²) in [5, 5.41) is 2.78. The molecule has 1 heterocycles. The zero-order chi connectivity index (χ0) is 18.4. The van der Waals surface area contributed by atoms with Gasteiger partial charge in [-0.15, -0.1) is 0 Å². The van der Waals surface area contributed by atoms with Crippen LogP contribution in [0.2, 0.25) is 0 Å². The molecule has 0 atom stereocenters. The van der Waals surface area contributed by atoms with E-state index in [1.165, 1.54) is 4.90 Å². The second-order valence-electron chi connectivity index (χ2n) is 6.91. The van der Waals surface area contributed by atoms with E-state index < -0.39 is 5.60 Å². The molecule has 0 radical (unpaired) electrons. The van der Waals surface area contributed by atoms with E-state index in [9.17, 15) is 9.59 Å². The van der Waals surface area contributed by atoms with Crippen molar-refractivity contribution in [2.45, 2.75) is 32.8 Å². The molecule has 0 saturated carbocycles. The predicted molar refractivity (Wildman–Crippen MR) is 94.0 cm³/mol. The predicted octanol–water partition coefficient (Wildman–Crippen LogP) is 2.44. The largest absolute Gasteiger partial charge is 0.491 e. The minimum atomic E-state index is -0.504. The molecule has 2 rings (SSSR count). The number of anilines is 1. The Bertz CT molecular complexity index is 624. The molecular formula is C18H26N2O5. The van der Waals surface area contributed by atoms with E-state index in [2.05, 4.69) is 5.32 Å². The Kier molecular flexibility index (Phi) is 6.25. The Balaban J connectivity index is 1.60. The molecule has 1 aromatic rings. The van der Waals surface area contributed by atoms with Crippen LogP contribution in [0, 0.1) is 0 Å². The number of rotatable bonds is 7. The number of hydrogen-bond donors (Lipinski definition) is 1. The third-order valence-electron chi connectivity index (χ3n) is 3.47. The minimum absolute atomic E-state index is 0.00425. The summed E-state index contributed by atoms with van der Waals surface area (Å²) in [4.78, 5) is 24.6. The number of fused-ring (bicyclic) bond motifs is 1. The van der Waals surface area contributed by atoms with Crippen molar-refractivity contribution >= 4 is 17.7 Å². The van der Waals surface area contributed by atoms with Crippen molar-refractivity contribution in [3.05, 3.63) is 23.8 Å². The van der Waals surface area contributed by atoms with Crippen molar-refractivity contribution < 1.29 is 23.8 Å². The average Bonchev–Trinajstić information content (AvgIpc) is 2.88. The first kappa shape index (κ1) is 19.1. The van der Waals surface area contributed by atoms with Gasteiger partial charge in [-0.3, -0.25) is 4.79 Å². The lowest BCUT2D eigenvalue weighted by Gasteiger charge is -2.24. The molecule has 1 N–H and O–H groups in total. The Hall–Kier alpha value is -2.28. The summed E-state index contributed by atoms with van der Waals surface area (Å²) >= 11 is 0. The maximum absolute atomic E-state index is 11.8. The molecule has 1 aliphatic rings. The highest BCUT2D eigenvalue weighted by molar-refractivity contribution is 5.99. The molecule has 1 aliphatic heterocycles. The van der Waals surface area contributed by atoms with Gasteiger partial charge in [-0.25, -0.2) is 4.79 Å². The molecule has 0 bridgehead atoms. The fraction of sp³-hybridized carbons (Fsp3) is 0.556. The molecule has 2 amide bonds. The standard InChI is InChI=1S/C18H26N2O5/c1-18(2,3)25-17(22)20(4)7-8-23-9-10-24-14-5-6-15-13(11-14)12-16(21)19-15/h5-6,11H,7-10,12H2,1-4H3,(H,19,21). The lowest BCUT2D eigenvalue weighted by atomic mass is 10.1. The van der Waals surface area contributed by atoms with Crippen LogP contribution in [-0.4, -0.2) is 55.9 Å². The Labute approximate surface area is 148 Å². The van der Waals surface area contributed by atoms with Crippen molar-refractivity contribution in [1.82, 2.24) is 4.90 Å². The maximum atomic E-state index is 11.8. The van der Waals surface area contributed by atoms with Crippen LogP contribution in [0.15, 0.2) is 18.2 Å². The van der Waals surface area contributed by atoms with Crippen LogP contribution in [-0.2, 0) is 20.7 Å². The van der Waals surface area contributed by atoms with Crippen LogP contribution in [0.1, 0.15) is 26.3 Å². The van der Waals surface area contributed by atoms with Gasteiger partial charge in [0.25, 0.3) is 0 Å². The highest BCUT2D eigenvalue weighted by Crippen LogP contribution is 2.27. The second-order valence-corrected chi connectivity index (χ2v) is 6.91. The van der Waals surface area contributed by atoms with Crippen LogP contribution in [0.25, 0.3) is 0 Å². The lowest BCUT2D eigenvalue weighted by molar-refractivity contribution is -0.115. The van der Waals surface area contributed by atoms with Gasteiger partial charge in [0.1, 0.15) is 18.0 Å². The van der Waals surface area contributed by atoms with Crippen molar-refractivity contribution in [2.75, 3.05) is 38.7 Å². The average molecular weight is 350 g/mol. The molecule has 0 saturated heterocycles. The molecule has 7 heteroatoms. The molecule has 0 fully saturated rings. The van der Waals surface area contributed by atoms with Gasteiger partial charge in [0.2, 0.25) is 5.91 Å². The normalized spacial score (nSPS) is 13.2. The minimum Gasteiger partial charge on any atom is -0.491 e. The van der Waals surface area contributed by atoms with Gasteiger partial charge < -0.3 is 24.4 Å². The van der Waals surface area contributed by atoms with E-state index in [1.54, 1.807) is 7.05 Å². The summed E-state index contributed by atoms with van der Waals surface area (Å²) in [5.41, 5.74) is 1.29. The van der Waals surface area contributed by atoms with E-state index in [0.29, 0.717) is 38.5 Å². The van der Waals surface area contributed by atoms with E-state index in [-0.39, 0.29) is 12.0 Å².